The van der Waals surface area contributed by atoms with Crippen molar-refractivity contribution in [2.24, 2.45) is 0 Å². The molecule has 2 aliphatic rings. The lowest BCUT2D eigenvalue weighted by molar-refractivity contribution is 0.669. The number of nitrogens with zero attached hydrogens (tertiary/aromatic N) is 2. The molecule has 1 spiro atoms. The van der Waals surface area contributed by atoms with Gasteiger partial charge in [0.2, 0.25) is 0 Å². The van der Waals surface area contributed by atoms with Crippen LogP contribution < -0.4 is 9.80 Å². The maximum absolute atomic E-state index is 6.52. The molecule has 0 saturated carbocycles. The fourth-order valence-corrected chi connectivity index (χ4v) is 12.4. The van der Waals surface area contributed by atoms with E-state index in [0.717, 1.165) is 56.1 Å². The third-order valence-corrected chi connectivity index (χ3v) is 15.4. The van der Waals surface area contributed by atoms with Gasteiger partial charge >= 0.3 is 0 Å². The van der Waals surface area contributed by atoms with Gasteiger partial charge in [0.05, 0.1) is 22.2 Å². The molecule has 0 N–H and O–H groups in total. The van der Waals surface area contributed by atoms with Crippen LogP contribution in [0.2, 0.25) is 0 Å². The first kappa shape index (κ1) is 40.4. The minimum Gasteiger partial charge on any atom is -0.456 e. The van der Waals surface area contributed by atoms with Crippen LogP contribution in [0.25, 0.3) is 76.9 Å². The van der Waals surface area contributed by atoms with Crippen LogP contribution in [0.5, 0.6) is 0 Å². The Balaban J connectivity index is 0.994. The lowest BCUT2D eigenvalue weighted by atomic mass is 9.70. The molecule has 12 aromatic carbocycles. The summed E-state index contributed by atoms with van der Waals surface area (Å²) in [4.78, 5) is 4.91. The van der Waals surface area contributed by atoms with Crippen LogP contribution in [0.15, 0.2) is 271 Å². The van der Waals surface area contributed by atoms with Gasteiger partial charge < -0.3 is 14.2 Å². The zero-order valence-corrected chi connectivity index (χ0v) is 39.2. The third-order valence-electron chi connectivity index (χ3n) is 15.4. The van der Waals surface area contributed by atoms with Crippen molar-refractivity contribution in [1.29, 1.82) is 0 Å². The van der Waals surface area contributed by atoms with Crippen molar-refractivity contribution in [3.05, 3.63) is 289 Å². The van der Waals surface area contributed by atoms with E-state index in [1.807, 2.05) is 6.07 Å². The molecule has 1 aromatic heterocycles. The van der Waals surface area contributed by atoms with Gasteiger partial charge in [-0.1, -0.05) is 188 Å². The standard InChI is InChI=1S/C69H44N2O/c1-3-21-49(22-4-1)70(63-31-17-33-66-68(63)58-28-13-16-32-65(58)72-66)51-37-39-56-54-26-11-14-29-59(54)69(61(56)43-51)60-30-15-12-27-55(60)57-40-38-52(44-62(57)69)71(50-23-5-2-6-24-50)64-41-36-46-19-9-10-25-53(46)67(64)48-35-34-45-18-7-8-20-47(45)42-48/h1-44H. The van der Waals surface area contributed by atoms with Gasteiger partial charge in [-0.25, -0.2) is 0 Å². The Bertz CT molecular complexity index is 4290. The molecule has 0 amide bonds. The maximum atomic E-state index is 6.52. The van der Waals surface area contributed by atoms with Crippen LogP contribution in [0.3, 0.4) is 0 Å². The van der Waals surface area contributed by atoms with Gasteiger partial charge in [-0.05, 0) is 150 Å². The highest BCUT2D eigenvalue weighted by Gasteiger charge is 2.52. The van der Waals surface area contributed by atoms with Crippen LogP contribution in [-0.2, 0) is 5.41 Å². The average Bonchev–Trinajstić information content (AvgIpc) is 4.08. The lowest BCUT2D eigenvalue weighted by Gasteiger charge is -2.34. The van der Waals surface area contributed by atoms with Gasteiger partial charge in [-0.2, -0.15) is 0 Å². The monoisotopic (exact) mass is 916 g/mol. The lowest BCUT2D eigenvalue weighted by Crippen LogP contribution is -2.26. The van der Waals surface area contributed by atoms with Crippen LogP contribution in [0.4, 0.5) is 34.1 Å². The predicted octanol–water partition coefficient (Wildman–Crippen LogP) is 18.8. The van der Waals surface area contributed by atoms with E-state index in [4.69, 9.17) is 4.42 Å². The van der Waals surface area contributed by atoms with Crippen molar-refractivity contribution >= 4 is 77.6 Å². The highest BCUT2D eigenvalue weighted by Crippen LogP contribution is 2.64. The second-order valence-electron chi connectivity index (χ2n) is 19.1. The summed E-state index contributed by atoms with van der Waals surface area (Å²) in [7, 11) is 0. The molecular weight excluding hydrogens is 873 g/mol. The number of fused-ring (bicyclic) bond motifs is 15. The fraction of sp³-hybridized carbons (Fsp3) is 0.0145. The van der Waals surface area contributed by atoms with E-state index in [0.29, 0.717) is 0 Å². The Morgan fingerprint density at radius 3 is 1.49 bits per heavy atom. The Labute approximate surface area is 417 Å². The molecule has 1 heterocycles. The van der Waals surface area contributed by atoms with E-state index in [1.54, 1.807) is 0 Å². The minimum atomic E-state index is -0.631. The van der Waals surface area contributed by atoms with Crippen molar-refractivity contribution < 1.29 is 4.42 Å². The van der Waals surface area contributed by atoms with Crippen molar-refractivity contribution in [1.82, 2.24) is 0 Å². The molecule has 336 valence electrons. The first-order valence-electron chi connectivity index (χ1n) is 24.8. The first-order chi connectivity index (χ1) is 35.7. The minimum absolute atomic E-state index is 0.631. The van der Waals surface area contributed by atoms with Gasteiger partial charge in [0, 0.05) is 33.7 Å². The molecule has 3 heteroatoms. The Kier molecular flexibility index (Phi) is 8.87. The highest BCUT2D eigenvalue weighted by molar-refractivity contribution is 6.14. The molecule has 72 heavy (non-hydrogen) atoms. The third kappa shape index (κ3) is 5.85. The molecule has 0 aliphatic heterocycles. The summed E-state index contributed by atoms with van der Waals surface area (Å²) in [6.07, 6.45) is 0. The maximum Gasteiger partial charge on any atom is 0.137 e. The fourth-order valence-electron chi connectivity index (χ4n) is 12.4. The molecule has 1 unspecified atom stereocenters. The molecule has 0 fully saturated rings. The van der Waals surface area contributed by atoms with Crippen molar-refractivity contribution in [2.75, 3.05) is 9.80 Å². The Hall–Kier alpha value is -9.44. The summed E-state index contributed by atoms with van der Waals surface area (Å²) >= 11 is 0. The molecule has 3 nitrogen and oxygen atoms in total. The molecule has 1 atom stereocenters. The summed E-state index contributed by atoms with van der Waals surface area (Å²) in [5, 5.41) is 7.05. The summed E-state index contributed by atoms with van der Waals surface area (Å²) < 4.78 is 6.52. The summed E-state index contributed by atoms with van der Waals surface area (Å²) in [6.45, 7) is 0. The van der Waals surface area contributed by atoms with Crippen molar-refractivity contribution in [3.8, 4) is 33.4 Å². The van der Waals surface area contributed by atoms with E-state index in [-0.39, 0.29) is 0 Å². The second-order valence-corrected chi connectivity index (χ2v) is 19.1. The number of furan rings is 1. The number of hydrogen-bond acceptors (Lipinski definition) is 3. The Morgan fingerprint density at radius 2 is 0.806 bits per heavy atom. The first-order valence-corrected chi connectivity index (χ1v) is 24.8. The largest absolute Gasteiger partial charge is 0.456 e. The van der Waals surface area contributed by atoms with E-state index in [1.165, 1.54) is 77.2 Å². The zero-order valence-electron chi connectivity index (χ0n) is 39.2. The van der Waals surface area contributed by atoms with E-state index in [9.17, 15) is 0 Å². The average molecular weight is 917 g/mol. The molecule has 2 aliphatic carbocycles. The molecule has 15 rings (SSSR count). The van der Waals surface area contributed by atoms with Gasteiger partial charge in [-0.15, -0.1) is 0 Å². The summed E-state index contributed by atoms with van der Waals surface area (Å²) in [5.41, 5.74) is 20.2. The number of para-hydroxylation sites is 3. The Morgan fingerprint density at radius 1 is 0.292 bits per heavy atom. The number of hydrogen-bond donors (Lipinski definition) is 0. The van der Waals surface area contributed by atoms with Crippen LogP contribution in [0.1, 0.15) is 22.3 Å². The van der Waals surface area contributed by atoms with E-state index in [2.05, 4.69) is 271 Å². The van der Waals surface area contributed by atoms with Gasteiger partial charge in [0.15, 0.2) is 0 Å². The van der Waals surface area contributed by atoms with E-state index < -0.39 is 5.41 Å². The highest BCUT2D eigenvalue weighted by atomic mass is 16.3. The number of benzene rings is 12. The quantitative estimate of drug-likeness (QED) is 0.159. The molecule has 0 saturated heterocycles. The van der Waals surface area contributed by atoms with Gasteiger partial charge in [-0.3, -0.25) is 0 Å². The number of rotatable bonds is 7. The van der Waals surface area contributed by atoms with Crippen LogP contribution in [-0.4, -0.2) is 0 Å². The number of anilines is 6. The summed E-state index contributed by atoms with van der Waals surface area (Å²) in [5.74, 6) is 0. The van der Waals surface area contributed by atoms with E-state index >= 15 is 0 Å². The van der Waals surface area contributed by atoms with Crippen LogP contribution >= 0.6 is 0 Å². The van der Waals surface area contributed by atoms with Gasteiger partial charge in [0.25, 0.3) is 0 Å². The SMILES string of the molecule is c1ccc(N(c2ccc3c(c2)C2(c4ccccc4-3)c3ccccc3-c3ccc(N(c4ccccc4)c4cccc5oc6ccccc6c45)cc32)c2ccc3ccccc3c2-c2ccc3ccccc3c2)cc1. The molecule has 0 radical (unpaired) electrons. The molecular formula is C69H44N2O. The zero-order chi connectivity index (χ0) is 47.3. The second kappa shape index (κ2) is 15.8. The summed E-state index contributed by atoms with van der Waals surface area (Å²) in [6, 6.07) is 98.1. The molecule has 0 bridgehead atoms. The van der Waals surface area contributed by atoms with Crippen LogP contribution in [0, 0.1) is 0 Å². The van der Waals surface area contributed by atoms with Gasteiger partial charge in [0.1, 0.15) is 11.2 Å². The predicted molar refractivity (Wildman–Crippen MR) is 300 cm³/mol. The van der Waals surface area contributed by atoms with Crippen molar-refractivity contribution in [2.45, 2.75) is 5.41 Å². The topological polar surface area (TPSA) is 19.6 Å². The molecule has 13 aromatic rings. The normalized spacial score (nSPS) is 14.2. The smallest absolute Gasteiger partial charge is 0.137 e. The van der Waals surface area contributed by atoms with Crippen molar-refractivity contribution in [3.63, 3.8) is 0 Å².